The van der Waals surface area contributed by atoms with Gasteiger partial charge in [0.15, 0.2) is 0 Å². The van der Waals surface area contributed by atoms with E-state index in [9.17, 15) is 9.59 Å². The molecule has 0 spiro atoms. The number of likely N-dealkylation sites (N-methyl/N-ethyl adjacent to an activating group) is 1. The van der Waals surface area contributed by atoms with E-state index >= 15 is 0 Å². The number of carbonyl (C=O) groups is 2. The number of likely N-dealkylation sites (tertiary alicyclic amines) is 1. The van der Waals surface area contributed by atoms with Crippen molar-refractivity contribution in [2.24, 2.45) is 0 Å². The van der Waals surface area contributed by atoms with E-state index in [4.69, 9.17) is 4.74 Å². The van der Waals surface area contributed by atoms with Gasteiger partial charge >= 0.3 is 0 Å². The van der Waals surface area contributed by atoms with Crippen molar-refractivity contribution < 1.29 is 14.3 Å². The van der Waals surface area contributed by atoms with Crippen molar-refractivity contribution in [1.82, 2.24) is 9.80 Å². The highest BCUT2D eigenvalue weighted by molar-refractivity contribution is 6.45. The summed E-state index contributed by atoms with van der Waals surface area (Å²) in [5.74, 6) is 0.00113. The second-order valence-corrected chi connectivity index (χ2v) is 8.53. The molecule has 32 heavy (non-hydrogen) atoms. The minimum absolute atomic E-state index is 0.199. The van der Waals surface area contributed by atoms with Gasteiger partial charge in [-0.25, -0.2) is 4.90 Å². The number of rotatable bonds is 6. The third kappa shape index (κ3) is 3.91. The van der Waals surface area contributed by atoms with Gasteiger partial charge in [-0.3, -0.25) is 9.59 Å². The van der Waals surface area contributed by atoms with Crippen LogP contribution in [0.15, 0.2) is 54.2 Å². The number of benzene rings is 2. The molecule has 0 N–H and O–H groups in total. The maximum absolute atomic E-state index is 13.8. The average molecular weight is 434 g/mol. The van der Waals surface area contributed by atoms with E-state index in [0.717, 1.165) is 37.9 Å². The Labute approximate surface area is 190 Å². The van der Waals surface area contributed by atoms with E-state index in [-0.39, 0.29) is 17.9 Å². The molecule has 2 aromatic rings. The molecule has 0 unspecified atom stereocenters. The van der Waals surface area contributed by atoms with Crippen LogP contribution in [0.5, 0.6) is 5.75 Å². The number of aryl methyl sites for hydroxylation is 1. The molecular formula is C26H31N3O3. The number of amides is 2. The normalized spacial score (nSPS) is 17.9. The fourth-order valence-corrected chi connectivity index (χ4v) is 4.62. The first-order chi connectivity index (χ1) is 15.5. The highest BCUT2D eigenvalue weighted by Gasteiger charge is 2.44. The van der Waals surface area contributed by atoms with Crippen molar-refractivity contribution in [3.05, 3.63) is 65.4 Å². The Morgan fingerprint density at radius 1 is 1.00 bits per heavy atom. The molecule has 0 aliphatic carbocycles. The lowest BCUT2D eigenvalue weighted by Crippen LogP contribution is -2.43. The molecule has 0 saturated carbocycles. The summed E-state index contributed by atoms with van der Waals surface area (Å²) in [5.41, 5.74) is 3.27. The van der Waals surface area contributed by atoms with Gasteiger partial charge in [-0.1, -0.05) is 37.3 Å². The Hall–Kier alpha value is -3.12. The summed E-state index contributed by atoms with van der Waals surface area (Å²) >= 11 is 0. The zero-order valence-corrected chi connectivity index (χ0v) is 19.3. The number of para-hydroxylation sites is 1. The van der Waals surface area contributed by atoms with Crippen LogP contribution in [0.1, 0.15) is 30.9 Å². The first kappa shape index (κ1) is 22.1. The fourth-order valence-electron chi connectivity index (χ4n) is 4.62. The summed E-state index contributed by atoms with van der Waals surface area (Å²) in [6.45, 7) is 4.02. The van der Waals surface area contributed by atoms with Crippen LogP contribution in [0.3, 0.4) is 0 Å². The number of imide groups is 1. The zero-order chi connectivity index (χ0) is 22.8. The molecule has 1 saturated heterocycles. The molecular weight excluding hydrogens is 402 g/mol. The SMILES string of the molecule is CCc1ccc(N2C(=O)C(c3ccccc3OC)=C(N(C)C3CCN(C)CC3)C2=O)cc1. The molecule has 168 valence electrons. The predicted molar refractivity (Wildman–Crippen MR) is 127 cm³/mol. The molecule has 2 heterocycles. The Bertz CT molecular complexity index is 1040. The zero-order valence-electron chi connectivity index (χ0n) is 19.3. The summed E-state index contributed by atoms with van der Waals surface area (Å²) < 4.78 is 5.56. The van der Waals surface area contributed by atoms with Crippen LogP contribution < -0.4 is 9.64 Å². The van der Waals surface area contributed by atoms with Crippen molar-refractivity contribution in [2.45, 2.75) is 32.2 Å². The number of hydrogen-bond acceptors (Lipinski definition) is 5. The Balaban J connectivity index is 1.80. The molecule has 6 heteroatoms. The van der Waals surface area contributed by atoms with E-state index in [1.54, 1.807) is 7.11 Å². The third-order valence-corrected chi connectivity index (χ3v) is 6.63. The lowest BCUT2D eigenvalue weighted by molar-refractivity contribution is -0.120. The largest absolute Gasteiger partial charge is 0.496 e. The minimum Gasteiger partial charge on any atom is -0.496 e. The molecule has 0 radical (unpaired) electrons. The number of hydrogen-bond donors (Lipinski definition) is 0. The third-order valence-electron chi connectivity index (χ3n) is 6.63. The van der Waals surface area contributed by atoms with E-state index < -0.39 is 0 Å². The molecule has 2 aliphatic heterocycles. The molecule has 2 aromatic carbocycles. The number of nitrogens with zero attached hydrogens (tertiary/aromatic N) is 3. The van der Waals surface area contributed by atoms with Gasteiger partial charge in [0.05, 0.1) is 18.4 Å². The van der Waals surface area contributed by atoms with E-state index in [2.05, 4.69) is 18.9 Å². The molecule has 2 amide bonds. The quantitative estimate of drug-likeness (QED) is 0.652. The van der Waals surface area contributed by atoms with Crippen LogP contribution in [-0.4, -0.2) is 62.0 Å². The summed E-state index contributed by atoms with van der Waals surface area (Å²) in [6.07, 6.45) is 2.79. The Morgan fingerprint density at radius 2 is 1.66 bits per heavy atom. The number of anilines is 1. The molecule has 0 aromatic heterocycles. The van der Waals surface area contributed by atoms with Crippen molar-refractivity contribution in [2.75, 3.05) is 39.2 Å². The van der Waals surface area contributed by atoms with Crippen molar-refractivity contribution >= 4 is 23.1 Å². The topological polar surface area (TPSA) is 53.1 Å². The first-order valence-corrected chi connectivity index (χ1v) is 11.2. The second kappa shape index (κ2) is 9.17. The number of piperidine rings is 1. The minimum atomic E-state index is -0.307. The molecule has 2 aliphatic rings. The summed E-state index contributed by atoms with van der Waals surface area (Å²) in [5, 5.41) is 0. The Kier molecular flexibility index (Phi) is 6.33. The van der Waals surface area contributed by atoms with Gasteiger partial charge in [-0.15, -0.1) is 0 Å². The average Bonchev–Trinajstić information content (AvgIpc) is 3.08. The molecule has 0 atom stereocenters. The summed E-state index contributed by atoms with van der Waals surface area (Å²) in [7, 11) is 5.64. The van der Waals surface area contributed by atoms with Gasteiger partial charge in [0.2, 0.25) is 0 Å². The maximum Gasteiger partial charge on any atom is 0.282 e. The van der Waals surface area contributed by atoms with Gasteiger partial charge in [-0.2, -0.15) is 0 Å². The van der Waals surface area contributed by atoms with Crippen LogP contribution >= 0.6 is 0 Å². The highest BCUT2D eigenvalue weighted by Crippen LogP contribution is 2.39. The number of methoxy groups -OCH3 is 1. The second-order valence-electron chi connectivity index (χ2n) is 8.53. The molecule has 4 rings (SSSR count). The van der Waals surface area contributed by atoms with Gasteiger partial charge in [0.25, 0.3) is 11.8 Å². The first-order valence-electron chi connectivity index (χ1n) is 11.2. The number of ether oxygens (including phenoxy) is 1. The maximum atomic E-state index is 13.8. The predicted octanol–water partition coefficient (Wildman–Crippen LogP) is 3.57. The van der Waals surface area contributed by atoms with Gasteiger partial charge in [-0.05, 0) is 63.2 Å². The van der Waals surface area contributed by atoms with Crippen LogP contribution in [0.25, 0.3) is 5.57 Å². The van der Waals surface area contributed by atoms with E-state index in [1.165, 1.54) is 4.90 Å². The summed E-state index contributed by atoms with van der Waals surface area (Å²) in [6, 6.07) is 15.3. The standard InChI is InChI=1S/C26H31N3O3/c1-5-18-10-12-20(13-11-18)29-25(30)23(21-8-6-7-9-22(21)32-4)24(26(29)31)28(3)19-14-16-27(2)17-15-19/h6-13,19H,5,14-17H2,1-4H3. The van der Waals surface area contributed by atoms with Gasteiger partial charge in [0.1, 0.15) is 11.4 Å². The smallest absolute Gasteiger partial charge is 0.282 e. The molecule has 1 fully saturated rings. The fraction of sp³-hybridized carbons (Fsp3) is 0.385. The Morgan fingerprint density at radius 3 is 2.28 bits per heavy atom. The molecule has 6 nitrogen and oxygen atoms in total. The molecule has 0 bridgehead atoms. The van der Waals surface area contributed by atoms with Gasteiger partial charge in [0, 0.05) is 18.7 Å². The lowest BCUT2D eigenvalue weighted by atomic mass is 9.99. The van der Waals surface area contributed by atoms with E-state index in [0.29, 0.717) is 28.3 Å². The summed E-state index contributed by atoms with van der Waals surface area (Å²) in [4.78, 5) is 33.1. The van der Waals surface area contributed by atoms with E-state index in [1.807, 2.05) is 60.5 Å². The van der Waals surface area contributed by atoms with Crippen LogP contribution in [0.2, 0.25) is 0 Å². The van der Waals surface area contributed by atoms with Crippen LogP contribution in [0.4, 0.5) is 5.69 Å². The highest BCUT2D eigenvalue weighted by atomic mass is 16.5. The lowest BCUT2D eigenvalue weighted by Gasteiger charge is -2.36. The number of carbonyl (C=O) groups excluding carboxylic acids is 2. The van der Waals surface area contributed by atoms with Gasteiger partial charge < -0.3 is 14.5 Å². The monoisotopic (exact) mass is 433 g/mol. The van der Waals surface area contributed by atoms with Crippen LogP contribution in [0, 0.1) is 0 Å². The van der Waals surface area contributed by atoms with Crippen molar-refractivity contribution in [3.8, 4) is 5.75 Å². The van der Waals surface area contributed by atoms with Crippen LogP contribution in [-0.2, 0) is 16.0 Å². The van der Waals surface area contributed by atoms with Crippen molar-refractivity contribution in [1.29, 1.82) is 0 Å². The van der Waals surface area contributed by atoms with Crippen molar-refractivity contribution in [3.63, 3.8) is 0 Å².